The molecular formula is C10H22N4O2. The van der Waals surface area contributed by atoms with Crippen LogP contribution in [0, 0.1) is 0 Å². The van der Waals surface area contributed by atoms with Gasteiger partial charge in [0.05, 0.1) is 13.1 Å². The molecule has 0 atom stereocenters. The van der Waals surface area contributed by atoms with Crippen molar-refractivity contribution in [2.45, 2.75) is 26.3 Å². The molecule has 0 spiro atoms. The zero-order chi connectivity index (χ0) is 12.6. The van der Waals surface area contributed by atoms with Crippen molar-refractivity contribution in [3.8, 4) is 0 Å². The molecule has 6 heteroatoms. The quantitative estimate of drug-likeness (QED) is 0.426. The van der Waals surface area contributed by atoms with Crippen LogP contribution in [0.4, 0.5) is 0 Å². The number of carbonyl (C=O) groups is 2. The summed E-state index contributed by atoms with van der Waals surface area (Å²) in [6.45, 7) is 5.74. The number of rotatable bonds is 9. The zero-order valence-corrected chi connectivity index (χ0v) is 10.0. The maximum absolute atomic E-state index is 10.7. The Hall–Kier alpha value is -1.14. The highest BCUT2D eigenvalue weighted by atomic mass is 16.2. The number of amides is 2. The Kier molecular flexibility index (Phi) is 7.49. The van der Waals surface area contributed by atoms with Gasteiger partial charge in [0.2, 0.25) is 11.8 Å². The molecular weight excluding hydrogens is 208 g/mol. The fourth-order valence-electron chi connectivity index (χ4n) is 1.35. The van der Waals surface area contributed by atoms with Gasteiger partial charge < -0.3 is 16.8 Å². The summed E-state index contributed by atoms with van der Waals surface area (Å²) < 4.78 is 0. The van der Waals surface area contributed by atoms with E-state index in [0.717, 1.165) is 13.0 Å². The molecule has 0 fully saturated rings. The SMILES string of the molecule is CC(C)NCCCN(CC(N)=O)CC(N)=O. The van der Waals surface area contributed by atoms with Crippen molar-refractivity contribution in [2.75, 3.05) is 26.2 Å². The van der Waals surface area contributed by atoms with E-state index in [1.54, 1.807) is 4.90 Å². The van der Waals surface area contributed by atoms with Gasteiger partial charge in [-0.15, -0.1) is 0 Å². The minimum absolute atomic E-state index is 0.0740. The van der Waals surface area contributed by atoms with Crippen LogP contribution in [0.5, 0.6) is 0 Å². The van der Waals surface area contributed by atoms with Crippen molar-refractivity contribution < 1.29 is 9.59 Å². The van der Waals surface area contributed by atoms with Crippen LogP contribution < -0.4 is 16.8 Å². The van der Waals surface area contributed by atoms with E-state index in [-0.39, 0.29) is 13.1 Å². The van der Waals surface area contributed by atoms with E-state index in [0.29, 0.717) is 12.6 Å². The summed E-state index contributed by atoms with van der Waals surface area (Å²) in [4.78, 5) is 23.1. The molecule has 0 aromatic rings. The Labute approximate surface area is 96.3 Å². The van der Waals surface area contributed by atoms with Crippen molar-refractivity contribution >= 4 is 11.8 Å². The first-order valence-electron chi connectivity index (χ1n) is 5.44. The lowest BCUT2D eigenvalue weighted by molar-refractivity contribution is -0.121. The van der Waals surface area contributed by atoms with Crippen molar-refractivity contribution in [1.29, 1.82) is 0 Å². The van der Waals surface area contributed by atoms with E-state index in [4.69, 9.17) is 11.5 Å². The van der Waals surface area contributed by atoms with Gasteiger partial charge in [0.15, 0.2) is 0 Å². The Morgan fingerprint density at radius 2 is 1.69 bits per heavy atom. The average Bonchev–Trinajstić information content (AvgIpc) is 2.09. The molecule has 0 aliphatic rings. The van der Waals surface area contributed by atoms with Crippen LogP contribution in [0.2, 0.25) is 0 Å². The average molecular weight is 230 g/mol. The molecule has 0 heterocycles. The van der Waals surface area contributed by atoms with E-state index in [1.165, 1.54) is 0 Å². The normalized spacial score (nSPS) is 11.0. The second-order valence-electron chi connectivity index (χ2n) is 4.11. The van der Waals surface area contributed by atoms with E-state index in [1.807, 2.05) is 0 Å². The Balaban J connectivity index is 3.82. The zero-order valence-electron chi connectivity index (χ0n) is 10.0. The monoisotopic (exact) mass is 230 g/mol. The standard InChI is InChI=1S/C10H22N4O2/c1-8(2)13-4-3-5-14(6-9(11)15)7-10(12)16/h8,13H,3-7H2,1-2H3,(H2,11,15)(H2,12,16). The van der Waals surface area contributed by atoms with E-state index < -0.39 is 11.8 Å². The van der Waals surface area contributed by atoms with Crippen LogP contribution >= 0.6 is 0 Å². The molecule has 0 aliphatic heterocycles. The van der Waals surface area contributed by atoms with Gasteiger partial charge in [-0.1, -0.05) is 13.8 Å². The summed E-state index contributed by atoms with van der Waals surface area (Å²) in [5, 5.41) is 3.25. The van der Waals surface area contributed by atoms with Crippen LogP contribution in [0.15, 0.2) is 0 Å². The summed E-state index contributed by atoms with van der Waals surface area (Å²) in [6, 6.07) is 0.431. The number of nitrogens with one attached hydrogen (secondary N) is 1. The van der Waals surface area contributed by atoms with Crippen molar-refractivity contribution in [2.24, 2.45) is 11.5 Å². The second kappa shape index (κ2) is 8.06. The Morgan fingerprint density at radius 3 is 2.06 bits per heavy atom. The summed E-state index contributed by atoms with van der Waals surface area (Å²) in [5.41, 5.74) is 10.1. The van der Waals surface area contributed by atoms with Crippen molar-refractivity contribution in [3.63, 3.8) is 0 Å². The molecule has 2 amide bonds. The van der Waals surface area contributed by atoms with Crippen molar-refractivity contribution in [1.82, 2.24) is 10.2 Å². The van der Waals surface area contributed by atoms with Gasteiger partial charge in [-0.05, 0) is 13.0 Å². The van der Waals surface area contributed by atoms with Crippen LogP contribution in [-0.2, 0) is 9.59 Å². The van der Waals surface area contributed by atoms with Gasteiger partial charge in [-0.3, -0.25) is 14.5 Å². The lowest BCUT2D eigenvalue weighted by Crippen LogP contribution is -2.41. The van der Waals surface area contributed by atoms with Crippen LogP contribution in [0.25, 0.3) is 0 Å². The predicted molar refractivity (Wildman–Crippen MR) is 62.6 cm³/mol. The van der Waals surface area contributed by atoms with Crippen molar-refractivity contribution in [3.05, 3.63) is 0 Å². The maximum atomic E-state index is 10.7. The number of hydrogen-bond acceptors (Lipinski definition) is 4. The Bertz CT molecular complexity index is 215. The first kappa shape index (κ1) is 14.9. The lowest BCUT2D eigenvalue weighted by Gasteiger charge is -2.19. The molecule has 0 radical (unpaired) electrons. The largest absolute Gasteiger partial charge is 0.369 e. The number of hydrogen-bond donors (Lipinski definition) is 3. The van der Waals surface area contributed by atoms with Crippen LogP contribution in [0.1, 0.15) is 20.3 Å². The molecule has 5 N–H and O–H groups in total. The van der Waals surface area contributed by atoms with E-state index in [9.17, 15) is 9.59 Å². The molecule has 0 aliphatic carbocycles. The van der Waals surface area contributed by atoms with Crippen LogP contribution in [-0.4, -0.2) is 48.9 Å². The fourth-order valence-corrected chi connectivity index (χ4v) is 1.35. The van der Waals surface area contributed by atoms with E-state index >= 15 is 0 Å². The molecule has 16 heavy (non-hydrogen) atoms. The molecule has 0 aromatic carbocycles. The molecule has 0 saturated carbocycles. The molecule has 0 rings (SSSR count). The summed E-state index contributed by atoms with van der Waals surface area (Å²) in [7, 11) is 0. The van der Waals surface area contributed by atoms with Gasteiger partial charge in [0.1, 0.15) is 0 Å². The topological polar surface area (TPSA) is 101 Å². The summed E-state index contributed by atoms with van der Waals surface area (Å²) in [6.07, 6.45) is 0.846. The third-order valence-corrected chi connectivity index (χ3v) is 1.96. The first-order chi connectivity index (χ1) is 7.41. The van der Waals surface area contributed by atoms with Crippen LogP contribution in [0.3, 0.4) is 0 Å². The highest BCUT2D eigenvalue weighted by molar-refractivity contribution is 5.79. The number of primary amides is 2. The van der Waals surface area contributed by atoms with Gasteiger partial charge in [0, 0.05) is 12.6 Å². The van der Waals surface area contributed by atoms with Gasteiger partial charge in [-0.25, -0.2) is 0 Å². The third-order valence-electron chi connectivity index (χ3n) is 1.96. The number of nitrogens with two attached hydrogens (primary N) is 2. The van der Waals surface area contributed by atoms with Gasteiger partial charge in [0.25, 0.3) is 0 Å². The molecule has 0 unspecified atom stereocenters. The third kappa shape index (κ3) is 9.42. The van der Waals surface area contributed by atoms with Gasteiger partial charge >= 0.3 is 0 Å². The van der Waals surface area contributed by atoms with E-state index in [2.05, 4.69) is 19.2 Å². The number of carbonyl (C=O) groups excluding carboxylic acids is 2. The summed E-state index contributed by atoms with van der Waals surface area (Å²) >= 11 is 0. The maximum Gasteiger partial charge on any atom is 0.231 e. The predicted octanol–water partition coefficient (Wildman–Crippen LogP) is -1.35. The highest BCUT2D eigenvalue weighted by Gasteiger charge is 2.10. The molecule has 94 valence electrons. The minimum Gasteiger partial charge on any atom is -0.369 e. The number of nitrogens with zero attached hydrogens (tertiary/aromatic N) is 1. The summed E-state index contributed by atoms with van der Waals surface area (Å²) in [5.74, 6) is -0.892. The molecule has 0 aromatic heterocycles. The Morgan fingerprint density at radius 1 is 1.19 bits per heavy atom. The molecule has 6 nitrogen and oxygen atoms in total. The highest BCUT2D eigenvalue weighted by Crippen LogP contribution is 1.91. The lowest BCUT2D eigenvalue weighted by atomic mass is 10.3. The minimum atomic E-state index is -0.446. The molecule has 0 bridgehead atoms. The molecule has 0 saturated heterocycles. The van der Waals surface area contributed by atoms with Gasteiger partial charge in [-0.2, -0.15) is 0 Å². The second-order valence-corrected chi connectivity index (χ2v) is 4.11. The fraction of sp³-hybridized carbons (Fsp3) is 0.800. The first-order valence-corrected chi connectivity index (χ1v) is 5.44. The smallest absolute Gasteiger partial charge is 0.231 e.